The van der Waals surface area contributed by atoms with Crippen LogP contribution in [0.4, 0.5) is 5.69 Å². The second-order valence-electron chi connectivity index (χ2n) is 3.46. The highest BCUT2D eigenvalue weighted by atomic mass is 16.5. The number of hydrogen-bond acceptors (Lipinski definition) is 3. The maximum atomic E-state index is 11.1. The van der Waals surface area contributed by atoms with Crippen LogP contribution >= 0.6 is 0 Å². The van der Waals surface area contributed by atoms with Crippen molar-refractivity contribution >= 4 is 17.6 Å². The van der Waals surface area contributed by atoms with Crippen molar-refractivity contribution in [2.75, 3.05) is 5.32 Å². The van der Waals surface area contributed by atoms with E-state index in [0.717, 1.165) is 17.7 Å². The number of carbonyl (C=O) groups is 2. The maximum absolute atomic E-state index is 11.1. The summed E-state index contributed by atoms with van der Waals surface area (Å²) in [5, 5.41) is 2.74. The molecule has 0 fully saturated rings. The monoisotopic (exact) mass is 205 g/mol. The van der Waals surface area contributed by atoms with Gasteiger partial charge in [-0.3, -0.25) is 9.59 Å². The summed E-state index contributed by atoms with van der Waals surface area (Å²) >= 11 is 0. The minimum absolute atomic E-state index is 0.00229. The predicted octanol–water partition coefficient (Wildman–Crippen LogP) is 1.50. The van der Waals surface area contributed by atoms with Gasteiger partial charge in [0.15, 0.2) is 0 Å². The molecule has 2 rings (SSSR count). The Morgan fingerprint density at radius 1 is 1.40 bits per heavy atom. The highest BCUT2D eigenvalue weighted by molar-refractivity contribution is 5.94. The lowest BCUT2D eigenvalue weighted by molar-refractivity contribution is -0.131. The summed E-state index contributed by atoms with van der Waals surface area (Å²) in [5.74, 6) is 0.100. The Hall–Kier alpha value is -1.84. The Morgan fingerprint density at radius 3 is 2.93 bits per heavy atom. The molecule has 1 amide bonds. The van der Waals surface area contributed by atoms with E-state index < -0.39 is 0 Å². The van der Waals surface area contributed by atoms with Gasteiger partial charge in [-0.2, -0.15) is 0 Å². The van der Waals surface area contributed by atoms with Crippen molar-refractivity contribution in [1.82, 2.24) is 0 Å². The van der Waals surface area contributed by atoms with E-state index in [2.05, 4.69) is 5.32 Å². The summed E-state index contributed by atoms with van der Waals surface area (Å²) in [6.45, 7) is 1.35. The number of benzene rings is 1. The van der Waals surface area contributed by atoms with Crippen molar-refractivity contribution in [3.8, 4) is 5.75 Å². The van der Waals surface area contributed by atoms with E-state index in [1.54, 1.807) is 12.1 Å². The van der Waals surface area contributed by atoms with E-state index >= 15 is 0 Å². The minimum Gasteiger partial charge on any atom is -0.427 e. The molecule has 4 nitrogen and oxygen atoms in total. The van der Waals surface area contributed by atoms with Gasteiger partial charge in [0.2, 0.25) is 5.91 Å². The molecule has 0 unspecified atom stereocenters. The standard InChI is InChI=1S/C11H11NO3/c1-7(13)15-9-4-2-8-3-5-11(14)12-10(8)6-9/h2,4,6H,3,5H2,1H3,(H,12,14). The fraction of sp³-hybridized carbons (Fsp3) is 0.273. The lowest BCUT2D eigenvalue weighted by Gasteiger charge is -2.17. The highest BCUT2D eigenvalue weighted by Gasteiger charge is 2.15. The lowest BCUT2D eigenvalue weighted by Crippen LogP contribution is -2.18. The topological polar surface area (TPSA) is 55.4 Å². The van der Waals surface area contributed by atoms with Crippen LogP contribution in [0, 0.1) is 0 Å². The summed E-state index contributed by atoms with van der Waals surface area (Å²) in [7, 11) is 0. The molecule has 0 atom stereocenters. The van der Waals surface area contributed by atoms with E-state index in [4.69, 9.17) is 4.74 Å². The van der Waals surface area contributed by atoms with Crippen molar-refractivity contribution in [2.45, 2.75) is 19.8 Å². The van der Waals surface area contributed by atoms with Crippen molar-refractivity contribution in [3.63, 3.8) is 0 Å². The first-order valence-corrected chi connectivity index (χ1v) is 4.76. The number of amides is 1. The van der Waals surface area contributed by atoms with Gasteiger partial charge in [0, 0.05) is 25.1 Å². The number of rotatable bonds is 1. The van der Waals surface area contributed by atoms with Gasteiger partial charge in [0.25, 0.3) is 0 Å². The summed E-state index contributed by atoms with van der Waals surface area (Å²) in [5.41, 5.74) is 1.82. The fourth-order valence-corrected chi connectivity index (χ4v) is 1.58. The van der Waals surface area contributed by atoms with E-state index in [1.165, 1.54) is 6.92 Å². The molecule has 0 bridgehead atoms. The quantitative estimate of drug-likeness (QED) is 0.558. The molecular weight excluding hydrogens is 194 g/mol. The zero-order chi connectivity index (χ0) is 10.8. The van der Waals surface area contributed by atoms with Crippen molar-refractivity contribution in [1.29, 1.82) is 0 Å². The van der Waals surface area contributed by atoms with Crippen LogP contribution in [-0.4, -0.2) is 11.9 Å². The summed E-state index contributed by atoms with van der Waals surface area (Å²) in [6, 6.07) is 5.28. The SMILES string of the molecule is CC(=O)Oc1ccc2c(c1)NC(=O)CC2. The summed E-state index contributed by atoms with van der Waals surface area (Å²) < 4.78 is 4.93. The molecule has 0 saturated carbocycles. The Labute approximate surface area is 87.2 Å². The molecule has 0 spiro atoms. The molecule has 1 aliphatic heterocycles. The summed E-state index contributed by atoms with van der Waals surface area (Å²) in [6.07, 6.45) is 1.25. The van der Waals surface area contributed by atoms with Gasteiger partial charge in [-0.1, -0.05) is 6.07 Å². The van der Waals surface area contributed by atoms with Crippen molar-refractivity contribution < 1.29 is 14.3 Å². The number of aryl methyl sites for hydroxylation is 1. The van der Waals surface area contributed by atoms with Crippen LogP contribution in [-0.2, 0) is 16.0 Å². The Kier molecular flexibility index (Phi) is 2.41. The third-order valence-electron chi connectivity index (χ3n) is 2.24. The minimum atomic E-state index is -0.364. The number of ether oxygens (including phenoxy) is 1. The third kappa shape index (κ3) is 2.15. The van der Waals surface area contributed by atoms with Crippen LogP contribution in [0.2, 0.25) is 0 Å². The van der Waals surface area contributed by atoms with Crippen LogP contribution in [0.1, 0.15) is 18.9 Å². The lowest BCUT2D eigenvalue weighted by atomic mass is 10.0. The van der Waals surface area contributed by atoms with Gasteiger partial charge in [0.05, 0.1) is 0 Å². The molecule has 4 heteroatoms. The molecule has 0 aliphatic carbocycles. The zero-order valence-electron chi connectivity index (χ0n) is 8.37. The highest BCUT2D eigenvalue weighted by Crippen LogP contribution is 2.26. The first kappa shape index (κ1) is 9.71. The van der Waals surface area contributed by atoms with Crippen LogP contribution < -0.4 is 10.1 Å². The zero-order valence-corrected chi connectivity index (χ0v) is 8.37. The molecule has 0 radical (unpaired) electrons. The number of anilines is 1. The van der Waals surface area contributed by atoms with E-state index in [9.17, 15) is 9.59 Å². The molecule has 0 saturated heterocycles. The average Bonchev–Trinajstić information content (AvgIpc) is 2.16. The number of fused-ring (bicyclic) bond motifs is 1. The number of esters is 1. The first-order chi connectivity index (χ1) is 7.15. The third-order valence-corrected chi connectivity index (χ3v) is 2.24. The van der Waals surface area contributed by atoms with Crippen LogP contribution in [0.15, 0.2) is 18.2 Å². The van der Waals surface area contributed by atoms with E-state index in [0.29, 0.717) is 12.2 Å². The van der Waals surface area contributed by atoms with Gasteiger partial charge in [0.1, 0.15) is 5.75 Å². The maximum Gasteiger partial charge on any atom is 0.308 e. The molecule has 1 N–H and O–H groups in total. The predicted molar refractivity (Wildman–Crippen MR) is 54.7 cm³/mol. The van der Waals surface area contributed by atoms with Gasteiger partial charge in [-0.15, -0.1) is 0 Å². The number of carbonyl (C=O) groups excluding carboxylic acids is 2. The molecule has 15 heavy (non-hydrogen) atoms. The number of nitrogens with one attached hydrogen (secondary N) is 1. The molecule has 0 aromatic heterocycles. The van der Waals surface area contributed by atoms with Gasteiger partial charge >= 0.3 is 5.97 Å². The number of hydrogen-bond donors (Lipinski definition) is 1. The smallest absolute Gasteiger partial charge is 0.308 e. The van der Waals surface area contributed by atoms with Crippen LogP contribution in [0.3, 0.4) is 0 Å². The van der Waals surface area contributed by atoms with E-state index in [-0.39, 0.29) is 11.9 Å². The summed E-state index contributed by atoms with van der Waals surface area (Å²) in [4.78, 5) is 21.9. The van der Waals surface area contributed by atoms with Gasteiger partial charge < -0.3 is 10.1 Å². The van der Waals surface area contributed by atoms with Crippen LogP contribution in [0.25, 0.3) is 0 Å². The van der Waals surface area contributed by atoms with Gasteiger partial charge in [-0.05, 0) is 18.1 Å². The largest absolute Gasteiger partial charge is 0.427 e. The van der Waals surface area contributed by atoms with E-state index in [1.807, 2.05) is 6.07 Å². The molecule has 1 aliphatic rings. The molecule has 78 valence electrons. The van der Waals surface area contributed by atoms with Crippen molar-refractivity contribution in [2.24, 2.45) is 0 Å². The molecule has 1 aromatic carbocycles. The fourth-order valence-electron chi connectivity index (χ4n) is 1.58. The first-order valence-electron chi connectivity index (χ1n) is 4.76. The average molecular weight is 205 g/mol. The Balaban J connectivity index is 2.28. The second-order valence-corrected chi connectivity index (χ2v) is 3.46. The molecule has 1 aromatic rings. The Bertz CT molecular complexity index is 426. The Morgan fingerprint density at radius 2 is 2.20 bits per heavy atom. The van der Waals surface area contributed by atoms with Crippen molar-refractivity contribution in [3.05, 3.63) is 23.8 Å². The molecule has 1 heterocycles. The normalized spacial score (nSPS) is 14.1. The molecular formula is C11H11NO3. The van der Waals surface area contributed by atoms with Crippen LogP contribution in [0.5, 0.6) is 5.75 Å². The second kappa shape index (κ2) is 3.73. The van der Waals surface area contributed by atoms with Gasteiger partial charge in [-0.25, -0.2) is 0 Å².